The molecule has 2 heteroatoms. The summed E-state index contributed by atoms with van der Waals surface area (Å²) in [6.45, 7) is 4.58. The van der Waals surface area contributed by atoms with Crippen molar-refractivity contribution in [3.63, 3.8) is 0 Å². The summed E-state index contributed by atoms with van der Waals surface area (Å²) < 4.78 is 0. The van der Waals surface area contributed by atoms with Crippen LogP contribution in [0.2, 0.25) is 0 Å². The van der Waals surface area contributed by atoms with Gasteiger partial charge in [0.25, 0.3) is 0 Å². The molecule has 0 unspecified atom stereocenters. The van der Waals surface area contributed by atoms with Crippen molar-refractivity contribution in [2.45, 2.75) is 110 Å². The molecule has 1 heterocycles. The van der Waals surface area contributed by atoms with Gasteiger partial charge in [0.1, 0.15) is 0 Å². The van der Waals surface area contributed by atoms with Crippen LogP contribution in [0, 0.1) is 11.8 Å². The average molecular weight is 421 g/mol. The summed E-state index contributed by atoms with van der Waals surface area (Å²) in [6, 6.07) is 8.98. The third kappa shape index (κ3) is 8.39. The van der Waals surface area contributed by atoms with E-state index in [1.165, 1.54) is 101 Å². The second-order valence-corrected chi connectivity index (χ2v) is 9.84. The van der Waals surface area contributed by atoms with Crippen LogP contribution in [0.15, 0.2) is 36.7 Å². The standard InChI is InChI=1S/C29H44N2/c1-3-5-7-8-9-11-27-22-30-29(31-23-27)28-20-18-26(19-21-28)17-16-25-14-12-24(13-15-25)10-6-4-2/h18-25H,3-17H2,1-2H3/t24-,25-. The van der Waals surface area contributed by atoms with Gasteiger partial charge in [-0.1, -0.05) is 109 Å². The largest absolute Gasteiger partial charge is 0.236 e. The van der Waals surface area contributed by atoms with Gasteiger partial charge < -0.3 is 0 Å². The lowest BCUT2D eigenvalue weighted by Crippen LogP contribution is -2.15. The Kier molecular flexibility index (Phi) is 10.6. The molecule has 0 radical (unpaired) electrons. The highest BCUT2D eigenvalue weighted by atomic mass is 14.9. The highest BCUT2D eigenvalue weighted by Crippen LogP contribution is 2.34. The number of nitrogens with zero attached hydrogens (tertiary/aromatic N) is 2. The fourth-order valence-electron chi connectivity index (χ4n) is 5.06. The number of hydrogen-bond donors (Lipinski definition) is 0. The number of aryl methyl sites for hydroxylation is 2. The Labute approximate surface area is 191 Å². The Hall–Kier alpha value is -1.70. The van der Waals surface area contributed by atoms with E-state index in [1.54, 1.807) is 0 Å². The number of rotatable bonds is 13. The molecule has 1 aliphatic rings. The molecule has 0 N–H and O–H groups in total. The molecule has 1 saturated carbocycles. The fraction of sp³-hybridized carbons (Fsp3) is 0.655. The minimum Gasteiger partial charge on any atom is -0.236 e. The first-order chi connectivity index (χ1) is 15.3. The SMILES string of the molecule is CCCCCCCc1cnc(-c2ccc(CC[C@H]3CC[C@H](CCCC)CC3)cc2)nc1. The first-order valence-corrected chi connectivity index (χ1v) is 13.2. The van der Waals surface area contributed by atoms with Crippen molar-refractivity contribution in [2.75, 3.05) is 0 Å². The van der Waals surface area contributed by atoms with Gasteiger partial charge in [0.2, 0.25) is 0 Å². The van der Waals surface area contributed by atoms with Crippen molar-refractivity contribution in [3.8, 4) is 11.4 Å². The lowest BCUT2D eigenvalue weighted by Gasteiger charge is -2.28. The highest BCUT2D eigenvalue weighted by Gasteiger charge is 2.20. The van der Waals surface area contributed by atoms with Gasteiger partial charge >= 0.3 is 0 Å². The maximum Gasteiger partial charge on any atom is 0.159 e. The zero-order valence-corrected chi connectivity index (χ0v) is 20.1. The van der Waals surface area contributed by atoms with Gasteiger partial charge in [-0.2, -0.15) is 0 Å². The van der Waals surface area contributed by atoms with E-state index in [0.29, 0.717) is 0 Å². The lowest BCUT2D eigenvalue weighted by atomic mass is 9.78. The molecule has 0 atom stereocenters. The van der Waals surface area contributed by atoms with Crippen LogP contribution in [0.4, 0.5) is 0 Å². The van der Waals surface area contributed by atoms with Crippen molar-refractivity contribution in [2.24, 2.45) is 11.8 Å². The summed E-state index contributed by atoms with van der Waals surface area (Å²) in [7, 11) is 0. The van der Waals surface area contributed by atoms with Gasteiger partial charge in [0.15, 0.2) is 5.82 Å². The number of benzene rings is 1. The van der Waals surface area contributed by atoms with E-state index >= 15 is 0 Å². The third-order valence-electron chi connectivity index (χ3n) is 7.26. The first-order valence-electron chi connectivity index (χ1n) is 13.2. The first kappa shape index (κ1) is 24.0. The van der Waals surface area contributed by atoms with Crippen molar-refractivity contribution in [3.05, 3.63) is 47.8 Å². The molecule has 0 saturated heterocycles. The summed E-state index contributed by atoms with van der Waals surface area (Å²) >= 11 is 0. The zero-order chi connectivity index (χ0) is 21.7. The van der Waals surface area contributed by atoms with Crippen LogP contribution in [0.25, 0.3) is 11.4 Å². The van der Waals surface area contributed by atoms with E-state index in [9.17, 15) is 0 Å². The summed E-state index contributed by atoms with van der Waals surface area (Å²) in [5.74, 6) is 2.81. The summed E-state index contributed by atoms with van der Waals surface area (Å²) in [5.41, 5.74) is 3.86. The number of unbranched alkanes of at least 4 members (excludes halogenated alkanes) is 5. The summed E-state index contributed by atoms with van der Waals surface area (Å²) in [5, 5.41) is 0. The van der Waals surface area contributed by atoms with Gasteiger partial charge in [-0.25, -0.2) is 9.97 Å². The Morgan fingerprint density at radius 1 is 0.645 bits per heavy atom. The molecule has 0 spiro atoms. The van der Waals surface area contributed by atoms with Gasteiger partial charge in [0, 0.05) is 18.0 Å². The van der Waals surface area contributed by atoms with Crippen LogP contribution in [0.5, 0.6) is 0 Å². The van der Waals surface area contributed by atoms with Crippen LogP contribution < -0.4 is 0 Å². The lowest BCUT2D eigenvalue weighted by molar-refractivity contribution is 0.250. The molecule has 170 valence electrons. The van der Waals surface area contributed by atoms with Crippen molar-refractivity contribution >= 4 is 0 Å². The number of hydrogen-bond acceptors (Lipinski definition) is 2. The van der Waals surface area contributed by atoms with Crippen LogP contribution in [-0.4, -0.2) is 9.97 Å². The monoisotopic (exact) mass is 420 g/mol. The normalized spacial score (nSPS) is 18.9. The van der Waals surface area contributed by atoms with Gasteiger partial charge in [0.05, 0.1) is 0 Å². The predicted octanol–water partition coefficient (Wildman–Crippen LogP) is 8.59. The van der Waals surface area contributed by atoms with Crippen molar-refractivity contribution in [1.82, 2.24) is 9.97 Å². The number of aromatic nitrogens is 2. The third-order valence-corrected chi connectivity index (χ3v) is 7.26. The molecule has 1 fully saturated rings. The van der Waals surface area contributed by atoms with Crippen LogP contribution in [0.3, 0.4) is 0 Å². The van der Waals surface area contributed by atoms with E-state index in [-0.39, 0.29) is 0 Å². The maximum atomic E-state index is 4.63. The van der Waals surface area contributed by atoms with Gasteiger partial charge in [-0.15, -0.1) is 0 Å². The Bertz CT molecular complexity index is 711. The second kappa shape index (κ2) is 13.7. The van der Waals surface area contributed by atoms with Crippen molar-refractivity contribution < 1.29 is 0 Å². The van der Waals surface area contributed by atoms with Gasteiger partial charge in [-0.05, 0) is 48.6 Å². The smallest absolute Gasteiger partial charge is 0.159 e. The maximum absolute atomic E-state index is 4.63. The molecule has 31 heavy (non-hydrogen) atoms. The summed E-state index contributed by atoms with van der Waals surface area (Å²) in [4.78, 5) is 9.26. The van der Waals surface area contributed by atoms with Crippen LogP contribution >= 0.6 is 0 Å². The van der Waals surface area contributed by atoms with E-state index in [1.807, 2.05) is 12.4 Å². The molecule has 2 nitrogen and oxygen atoms in total. The molecular formula is C29H44N2. The van der Waals surface area contributed by atoms with E-state index in [0.717, 1.165) is 29.6 Å². The van der Waals surface area contributed by atoms with Crippen LogP contribution in [0.1, 0.15) is 108 Å². The van der Waals surface area contributed by atoms with Crippen LogP contribution in [-0.2, 0) is 12.8 Å². The molecule has 0 bridgehead atoms. The minimum atomic E-state index is 0.853. The molecule has 3 rings (SSSR count). The Morgan fingerprint density at radius 3 is 1.90 bits per heavy atom. The molecule has 2 aromatic rings. The highest BCUT2D eigenvalue weighted by molar-refractivity contribution is 5.55. The van der Waals surface area contributed by atoms with E-state index in [2.05, 4.69) is 48.1 Å². The van der Waals surface area contributed by atoms with Gasteiger partial charge in [-0.3, -0.25) is 0 Å². The zero-order valence-electron chi connectivity index (χ0n) is 20.1. The van der Waals surface area contributed by atoms with E-state index < -0.39 is 0 Å². The second-order valence-electron chi connectivity index (χ2n) is 9.84. The quantitative estimate of drug-likeness (QED) is 0.303. The Balaban J connectivity index is 1.40. The average Bonchev–Trinajstić information content (AvgIpc) is 2.83. The molecule has 1 aliphatic carbocycles. The Morgan fingerprint density at radius 2 is 1.26 bits per heavy atom. The topological polar surface area (TPSA) is 25.8 Å². The summed E-state index contributed by atoms with van der Waals surface area (Å²) in [6.07, 6.45) is 24.3. The molecule has 1 aromatic heterocycles. The molecular weight excluding hydrogens is 376 g/mol. The predicted molar refractivity (Wildman–Crippen MR) is 133 cm³/mol. The fourth-order valence-corrected chi connectivity index (χ4v) is 5.06. The van der Waals surface area contributed by atoms with E-state index in [4.69, 9.17) is 0 Å². The molecule has 1 aromatic carbocycles. The molecule has 0 amide bonds. The minimum absolute atomic E-state index is 0.853. The van der Waals surface area contributed by atoms with Crippen molar-refractivity contribution in [1.29, 1.82) is 0 Å². The molecule has 0 aliphatic heterocycles.